The van der Waals surface area contributed by atoms with Gasteiger partial charge in [0.25, 0.3) is 0 Å². The Morgan fingerprint density at radius 1 is 1.10 bits per heavy atom. The van der Waals surface area contributed by atoms with E-state index in [1.54, 1.807) is 0 Å². The average Bonchev–Trinajstić information content (AvgIpc) is 3.41. The molecule has 0 radical (unpaired) electrons. The molecule has 1 saturated heterocycles. The van der Waals surface area contributed by atoms with Crippen LogP contribution in [-0.4, -0.2) is 45.2 Å². The number of nitrogens with one attached hydrogen (secondary N) is 2. The third-order valence-corrected chi connectivity index (χ3v) is 4.80. The van der Waals surface area contributed by atoms with Crippen molar-refractivity contribution in [2.24, 2.45) is 4.99 Å². The Balaban J connectivity index is 0.00000240. The zero-order valence-electron chi connectivity index (χ0n) is 16.6. The first-order chi connectivity index (χ1) is 13.8. The first kappa shape index (κ1) is 21.3. The lowest BCUT2D eigenvalue weighted by atomic mass is 10.3. The normalized spacial score (nSPS) is 14.1. The Hall–Kier alpha value is -2.43. The maximum absolute atomic E-state index is 4.67. The van der Waals surface area contributed by atoms with E-state index in [2.05, 4.69) is 54.8 Å². The van der Waals surface area contributed by atoms with Gasteiger partial charge in [0, 0.05) is 32.0 Å². The third-order valence-electron chi connectivity index (χ3n) is 4.80. The molecule has 0 aliphatic carbocycles. The number of guanidine groups is 1. The van der Waals surface area contributed by atoms with Gasteiger partial charge in [0.15, 0.2) is 17.4 Å². The van der Waals surface area contributed by atoms with Gasteiger partial charge in [-0.2, -0.15) is 0 Å². The molecule has 154 valence electrons. The molecule has 9 heteroatoms. The third kappa shape index (κ3) is 5.34. The fraction of sp³-hybridized carbons (Fsp3) is 0.400. The van der Waals surface area contributed by atoms with Crippen LogP contribution in [0.4, 0.5) is 5.82 Å². The maximum atomic E-state index is 4.67. The highest BCUT2D eigenvalue weighted by Gasteiger charge is 2.13. The van der Waals surface area contributed by atoms with Gasteiger partial charge in [0.05, 0.1) is 13.1 Å². The van der Waals surface area contributed by atoms with Gasteiger partial charge in [-0.15, -0.1) is 34.2 Å². The van der Waals surface area contributed by atoms with E-state index in [4.69, 9.17) is 0 Å². The molecule has 0 spiro atoms. The van der Waals surface area contributed by atoms with Crippen molar-refractivity contribution in [2.75, 3.05) is 24.5 Å². The molecule has 3 aromatic heterocycles. The fourth-order valence-corrected chi connectivity index (χ4v) is 3.33. The Morgan fingerprint density at radius 2 is 1.97 bits per heavy atom. The van der Waals surface area contributed by atoms with Gasteiger partial charge in [-0.3, -0.25) is 4.40 Å². The molecule has 0 bridgehead atoms. The SMILES string of the molecule is CCNC(=NCc1ccc(N2CCCC2)nc1)NCc1nnc2ccccn12.I. The van der Waals surface area contributed by atoms with E-state index in [0.717, 1.165) is 48.4 Å². The van der Waals surface area contributed by atoms with Crippen molar-refractivity contribution in [1.82, 2.24) is 30.2 Å². The number of anilines is 1. The molecule has 1 aliphatic heterocycles. The lowest BCUT2D eigenvalue weighted by Gasteiger charge is -2.16. The average molecular weight is 506 g/mol. The molecular formula is C20H27IN8. The molecule has 0 aromatic carbocycles. The van der Waals surface area contributed by atoms with Gasteiger partial charge in [-0.05, 0) is 43.5 Å². The highest BCUT2D eigenvalue weighted by Crippen LogP contribution is 2.17. The molecule has 8 nitrogen and oxygen atoms in total. The predicted molar refractivity (Wildman–Crippen MR) is 126 cm³/mol. The fourth-order valence-electron chi connectivity index (χ4n) is 3.33. The standard InChI is InChI=1S/C20H26N8.HI/c1-2-21-20(24-15-19-26-25-18-7-3-4-12-28(18)19)23-14-16-8-9-17(22-13-16)27-10-5-6-11-27;/h3-4,7-9,12-13H,2,5-6,10-11,14-15H2,1H3,(H2,21,23,24);1H. The van der Waals surface area contributed by atoms with Gasteiger partial charge in [0.1, 0.15) is 5.82 Å². The van der Waals surface area contributed by atoms with Crippen molar-refractivity contribution in [3.05, 3.63) is 54.1 Å². The summed E-state index contributed by atoms with van der Waals surface area (Å²) in [5.41, 5.74) is 1.93. The van der Waals surface area contributed by atoms with Gasteiger partial charge >= 0.3 is 0 Å². The summed E-state index contributed by atoms with van der Waals surface area (Å²) in [5.74, 6) is 2.66. The van der Waals surface area contributed by atoms with Crippen molar-refractivity contribution < 1.29 is 0 Å². The molecule has 4 heterocycles. The largest absolute Gasteiger partial charge is 0.357 e. The van der Waals surface area contributed by atoms with Crippen LogP contribution in [0.25, 0.3) is 5.65 Å². The Kier molecular flexibility index (Phi) is 7.62. The second kappa shape index (κ2) is 10.4. The lowest BCUT2D eigenvalue weighted by molar-refractivity contribution is 0.765. The van der Waals surface area contributed by atoms with Crippen LogP contribution in [0.3, 0.4) is 0 Å². The van der Waals surface area contributed by atoms with E-state index in [1.807, 2.05) is 35.0 Å². The van der Waals surface area contributed by atoms with Crippen molar-refractivity contribution in [3.63, 3.8) is 0 Å². The van der Waals surface area contributed by atoms with E-state index < -0.39 is 0 Å². The highest BCUT2D eigenvalue weighted by atomic mass is 127. The van der Waals surface area contributed by atoms with Crippen molar-refractivity contribution >= 4 is 41.4 Å². The van der Waals surface area contributed by atoms with Crippen LogP contribution in [0.15, 0.2) is 47.7 Å². The number of halogens is 1. The number of hydrogen-bond acceptors (Lipinski definition) is 5. The molecule has 29 heavy (non-hydrogen) atoms. The predicted octanol–water partition coefficient (Wildman–Crippen LogP) is 2.60. The van der Waals surface area contributed by atoms with Crippen molar-refractivity contribution in [2.45, 2.75) is 32.9 Å². The van der Waals surface area contributed by atoms with Crippen LogP contribution < -0.4 is 15.5 Å². The summed E-state index contributed by atoms with van der Waals surface area (Å²) in [5, 5.41) is 15.0. The van der Waals surface area contributed by atoms with Crippen LogP contribution in [0.2, 0.25) is 0 Å². The van der Waals surface area contributed by atoms with Gasteiger partial charge in [0.2, 0.25) is 0 Å². The maximum Gasteiger partial charge on any atom is 0.191 e. The molecule has 1 fully saturated rings. The number of rotatable bonds is 6. The van der Waals surface area contributed by atoms with E-state index in [0.29, 0.717) is 13.1 Å². The summed E-state index contributed by atoms with van der Waals surface area (Å²) in [7, 11) is 0. The summed E-state index contributed by atoms with van der Waals surface area (Å²) in [6.07, 6.45) is 6.40. The molecule has 4 rings (SSSR count). The van der Waals surface area contributed by atoms with Gasteiger partial charge in [-0.25, -0.2) is 9.98 Å². The summed E-state index contributed by atoms with van der Waals surface area (Å²) in [6, 6.07) is 10.1. The number of aliphatic imine (C=N–C) groups is 1. The summed E-state index contributed by atoms with van der Waals surface area (Å²) in [4.78, 5) is 11.6. The molecule has 0 amide bonds. The number of fused-ring (bicyclic) bond motifs is 1. The Labute approximate surface area is 187 Å². The monoisotopic (exact) mass is 506 g/mol. The summed E-state index contributed by atoms with van der Waals surface area (Å²) in [6.45, 7) is 6.17. The minimum atomic E-state index is 0. The van der Waals surface area contributed by atoms with E-state index in [1.165, 1.54) is 12.8 Å². The van der Waals surface area contributed by atoms with E-state index >= 15 is 0 Å². The van der Waals surface area contributed by atoms with E-state index in [-0.39, 0.29) is 24.0 Å². The number of nitrogens with zero attached hydrogens (tertiary/aromatic N) is 6. The molecule has 0 atom stereocenters. The molecule has 0 unspecified atom stereocenters. The number of hydrogen-bond donors (Lipinski definition) is 2. The molecule has 1 aliphatic rings. The van der Waals surface area contributed by atoms with Crippen LogP contribution in [0.1, 0.15) is 31.2 Å². The van der Waals surface area contributed by atoms with Gasteiger partial charge < -0.3 is 15.5 Å². The van der Waals surface area contributed by atoms with Crippen LogP contribution in [0.5, 0.6) is 0 Å². The second-order valence-corrected chi connectivity index (χ2v) is 6.81. The van der Waals surface area contributed by atoms with E-state index in [9.17, 15) is 0 Å². The topological polar surface area (TPSA) is 82.7 Å². The number of aromatic nitrogens is 4. The highest BCUT2D eigenvalue weighted by molar-refractivity contribution is 14.0. The summed E-state index contributed by atoms with van der Waals surface area (Å²) < 4.78 is 1.97. The minimum absolute atomic E-state index is 0. The molecule has 3 aromatic rings. The molecular weight excluding hydrogens is 479 g/mol. The van der Waals surface area contributed by atoms with Gasteiger partial charge in [-0.1, -0.05) is 12.1 Å². The number of pyridine rings is 2. The van der Waals surface area contributed by atoms with Crippen LogP contribution >= 0.6 is 24.0 Å². The minimum Gasteiger partial charge on any atom is -0.357 e. The second-order valence-electron chi connectivity index (χ2n) is 6.81. The van der Waals surface area contributed by atoms with Crippen molar-refractivity contribution in [1.29, 1.82) is 0 Å². The Bertz CT molecular complexity index is 931. The van der Waals surface area contributed by atoms with Crippen LogP contribution in [0, 0.1) is 0 Å². The molecule has 0 saturated carbocycles. The molecule has 2 N–H and O–H groups in total. The van der Waals surface area contributed by atoms with Crippen molar-refractivity contribution in [3.8, 4) is 0 Å². The quantitative estimate of drug-likeness (QED) is 0.304. The zero-order chi connectivity index (χ0) is 19.2. The lowest BCUT2D eigenvalue weighted by Crippen LogP contribution is -2.37. The smallest absolute Gasteiger partial charge is 0.191 e. The first-order valence-electron chi connectivity index (χ1n) is 9.84. The van der Waals surface area contributed by atoms with Crippen LogP contribution in [-0.2, 0) is 13.1 Å². The zero-order valence-corrected chi connectivity index (χ0v) is 18.9. The Morgan fingerprint density at radius 3 is 2.72 bits per heavy atom. The summed E-state index contributed by atoms with van der Waals surface area (Å²) >= 11 is 0. The first-order valence-corrected chi connectivity index (χ1v) is 9.84.